The molecule has 0 spiro atoms. The Balaban J connectivity index is 4.30. The van der Waals surface area contributed by atoms with Gasteiger partial charge in [0.25, 0.3) is 0 Å². The molecule has 0 bridgehead atoms. The van der Waals surface area contributed by atoms with E-state index in [1.54, 1.807) is 6.08 Å². The number of unbranched alkanes of at least 4 members (excludes halogenated alkanes) is 19. The Morgan fingerprint density at radius 1 is 0.516 bits per heavy atom. The average molecular weight is 869 g/mol. The van der Waals surface area contributed by atoms with Crippen LogP contribution >= 0.6 is 0 Å². The molecule has 0 aliphatic carbocycles. The molecule has 0 radical (unpaired) electrons. The second-order valence-electron chi connectivity index (χ2n) is 17.7. The van der Waals surface area contributed by atoms with Crippen LogP contribution in [0.1, 0.15) is 200 Å². The fourth-order valence-corrected chi connectivity index (χ4v) is 7.04. The van der Waals surface area contributed by atoms with E-state index in [2.05, 4.69) is 74.6 Å². The Bertz CT molecular complexity index is 1240. The molecule has 0 aliphatic rings. The number of ether oxygens (including phenoxy) is 3. The van der Waals surface area contributed by atoms with Crippen LogP contribution in [-0.2, 0) is 28.6 Å². The smallest absolute Gasteiger partial charge is 0.362 e. The molecular formula is C54H94NO7+. The number of carbonyl (C=O) groups is 3. The van der Waals surface area contributed by atoms with Crippen molar-refractivity contribution < 1.29 is 38.2 Å². The zero-order chi connectivity index (χ0) is 45.6. The zero-order valence-electron chi connectivity index (χ0n) is 40.6. The number of esters is 2. The maximum atomic E-state index is 12.7. The number of carbonyl (C=O) groups excluding carboxylic acids is 2. The highest BCUT2D eigenvalue weighted by molar-refractivity contribution is 5.72. The molecule has 8 nitrogen and oxygen atoms in total. The molecule has 0 aromatic rings. The summed E-state index contributed by atoms with van der Waals surface area (Å²) in [4.78, 5) is 37.0. The molecular weight excluding hydrogens is 775 g/mol. The average Bonchev–Trinajstić information content (AvgIpc) is 3.23. The largest absolute Gasteiger partial charge is 0.477 e. The van der Waals surface area contributed by atoms with E-state index < -0.39 is 24.1 Å². The Hall–Kier alpha value is -3.23. The molecule has 356 valence electrons. The third-order valence-electron chi connectivity index (χ3n) is 10.9. The predicted molar refractivity (Wildman–Crippen MR) is 261 cm³/mol. The highest BCUT2D eigenvalue weighted by atomic mass is 16.6. The van der Waals surface area contributed by atoms with E-state index in [0.717, 1.165) is 44.9 Å². The molecule has 2 atom stereocenters. The first-order valence-corrected chi connectivity index (χ1v) is 25.0. The Morgan fingerprint density at radius 2 is 0.952 bits per heavy atom. The normalized spacial score (nSPS) is 13.5. The summed E-state index contributed by atoms with van der Waals surface area (Å²) in [6.07, 6.45) is 57.1. The minimum Gasteiger partial charge on any atom is -0.477 e. The molecule has 62 heavy (non-hydrogen) atoms. The molecule has 8 heteroatoms. The van der Waals surface area contributed by atoms with Gasteiger partial charge in [-0.2, -0.15) is 0 Å². The van der Waals surface area contributed by atoms with Gasteiger partial charge in [-0.05, 0) is 64.2 Å². The Morgan fingerprint density at radius 3 is 1.40 bits per heavy atom. The van der Waals surface area contributed by atoms with Crippen molar-refractivity contribution in [2.75, 3.05) is 41.0 Å². The lowest BCUT2D eigenvalue weighted by atomic mass is 10.0. The van der Waals surface area contributed by atoms with Gasteiger partial charge in [-0.1, -0.05) is 189 Å². The number of carboxylic acids is 1. The maximum absolute atomic E-state index is 12.7. The number of hydrogen-bond donors (Lipinski definition) is 1. The molecule has 0 aromatic carbocycles. The lowest BCUT2D eigenvalue weighted by Gasteiger charge is -2.31. The third kappa shape index (κ3) is 42.1. The number of likely N-dealkylation sites (N-methyl/N-ethyl adjacent to an activating group) is 1. The van der Waals surface area contributed by atoms with E-state index in [1.807, 2.05) is 27.2 Å². The fraction of sp³-hybridized carbons (Fsp3) is 0.722. The molecule has 0 aromatic heterocycles. The summed E-state index contributed by atoms with van der Waals surface area (Å²) in [5.74, 6) is -1.63. The number of aliphatic carboxylic acids is 1. The van der Waals surface area contributed by atoms with Gasteiger partial charge < -0.3 is 23.8 Å². The number of rotatable bonds is 44. The molecule has 0 aliphatic heterocycles. The van der Waals surface area contributed by atoms with Gasteiger partial charge in [0.2, 0.25) is 0 Å². The standard InChI is InChI=1S/C54H93NO7/c1-6-8-10-12-14-16-18-20-22-23-24-25-26-27-28-29-31-32-34-36-38-40-42-44-52(56)61-49-50(48-60-47-46-51(54(58)59)55(3,4)5)62-53(57)45-43-41-39-37-35-33-30-21-19-17-15-13-11-9-7-2/h9,11,15,17,21,23-24,30,35,37,41,43,50-51H,6-8,10,12-14,16,18-20,22,25-29,31-34,36,38-40,42,44-49H2,1-5H3/p+1/b11-9-,17-15-,24-23-,30-21-,37-35-,43-41-. The lowest BCUT2D eigenvalue weighted by Crippen LogP contribution is -2.50. The van der Waals surface area contributed by atoms with Crippen molar-refractivity contribution in [2.24, 2.45) is 0 Å². The van der Waals surface area contributed by atoms with Gasteiger partial charge in [-0.25, -0.2) is 4.79 Å². The summed E-state index contributed by atoms with van der Waals surface area (Å²) in [6, 6.07) is -0.633. The second kappa shape index (κ2) is 44.4. The van der Waals surface area contributed by atoms with Crippen molar-refractivity contribution in [3.63, 3.8) is 0 Å². The van der Waals surface area contributed by atoms with Gasteiger partial charge in [0.1, 0.15) is 6.61 Å². The van der Waals surface area contributed by atoms with Crippen molar-refractivity contribution in [1.29, 1.82) is 0 Å². The zero-order valence-corrected chi connectivity index (χ0v) is 40.6. The van der Waals surface area contributed by atoms with Crippen molar-refractivity contribution in [3.05, 3.63) is 72.9 Å². The van der Waals surface area contributed by atoms with E-state index in [9.17, 15) is 19.5 Å². The number of carboxylic acid groups (broad SMARTS) is 1. The fourth-order valence-electron chi connectivity index (χ4n) is 7.04. The van der Waals surface area contributed by atoms with Gasteiger partial charge in [-0.3, -0.25) is 9.59 Å². The molecule has 1 N–H and O–H groups in total. The summed E-state index contributed by atoms with van der Waals surface area (Å²) < 4.78 is 17.2. The van der Waals surface area contributed by atoms with Gasteiger partial charge in [0.15, 0.2) is 12.1 Å². The van der Waals surface area contributed by atoms with E-state index in [0.29, 0.717) is 19.3 Å². The van der Waals surface area contributed by atoms with E-state index >= 15 is 0 Å². The molecule has 0 amide bonds. The quantitative estimate of drug-likeness (QED) is 0.0282. The summed E-state index contributed by atoms with van der Waals surface area (Å²) in [6.45, 7) is 4.52. The first-order valence-electron chi connectivity index (χ1n) is 25.0. The van der Waals surface area contributed by atoms with Crippen LogP contribution in [-0.4, -0.2) is 80.6 Å². The van der Waals surface area contributed by atoms with E-state index in [-0.39, 0.29) is 36.7 Å². The summed E-state index contributed by atoms with van der Waals surface area (Å²) in [5.41, 5.74) is 0. The summed E-state index contributed by atoms with van der Waals surface area (Å²) >= 11 is 0. The van der Waals surface area contributed by atoms with Gasteiger partial charge in [-0.15, -0.1) is 0 Å². The molecule has 0 saturated heterocycles. The number of nitrogens with zero attached hydrogens (tertiary/aromatic N) is 1. The minimum absolute atomic E-state index is 0.0188. The summed E-state index contributed by atoms with van der Waals surface area (Å²) in [7, 11) is 5.50. The first-order chi connectivity index (χ1) is 30.1. The van der Waals surface area contributed by atoms with Crippen LogP contribution in [0.25, 0.3) is 0 Å². The van der Waals surface area contributed by atoms with Gasteiger partial charge in [0, 0.05) is 12.8 Å². The highest BCUT2D eigenvalue weighted by Crippen LogP contribution is 2.15. The van der Waals surface area contributed by atoms with Crippen molar-refractivity contribution in [2.45, 2.75) is 212 Å². The minimum atomic E-state index is -0.890. The van der Waals surface area contributed by atoms with Crippen molar-refractivity contribution >= 4 is 17.9 Å². The van der Waals surface area contributed by atoms with Gasteiger partial charge in [0.05, 0.1) is 40.8 Å². The lowest BCUT2D eigenvalue weighted by molar-refractivity contribution is -0.887. The molecule has 2 unspecified atom stereocenters. The van der Waals surface area contributed by atoms with Crippen LogP contribution in [0.2, 0.25) is 0 Å². The van der Waals surface area contributed by atoms with Crippen LogP contribution in [0.3, 0.4) is 0 Å². The Kier molecular flexibility index (Phi) is 42.1. The molecule has 0 rings (SSSR count). The number of hydrogen-bond acceptors (Lipinski definition) is 6. The van der Waals surface area contributed by atoms with Crippen molar-refractivity contribution in [1.82, 2.24) is 0 Å². The number of allylic oxidation sites excluding steroid dienone is 11. The van der Waals surface area contributed by atoms with Crippen LogP contribution in [0, 0.1) is 0 Å². The monoisotopic (exact) mass is 869 g/mol. The maximum Gasteiger partial charge on any atom is 0.362 e. The Labute approximate surface area is 381 Å². The second-order valence-corrected chi connectivity index (χ2v) is 17.7. The number of quaternary nitrogens is 1. The molecule has 0 saturated carbocycles. The van der Waals surface area contributed by atoms with Crippen LogP contribution in [0.5, 0.6) is 0 Å². The SMILES string of the molecule is CC/C=C\C/C=C\C/C=C\C/C=C\C/C=C\CC(=O)OC(COCCC(C(=O)O)[N+](C)(C)C)COC(=O)CCCCCCCCCCCCC/C=C\CCCCCCCCCC. The van der Waals surface area contributed by atoms with Crippen molar-refractivity contribution in [3.8, 4) is 0 Å². The van der Waals surface area contributed by atoms with Gasteiger partial charge >= 0.3 is 17.9 Å². The topological polar surface area (TPSA) is 99.1 Å². The molecule has 0 fully saturated rings. The van der Waals surface area contributed by atoms with Crippen LogP contribution in [0.15, 0.2) is 72.9 Å². The van der Waals surface area contributed by atoms with E-state index in [4.69, 9.17) is 14.2 Å². The third-order valence-corrected chi connectivity index (χ3v) is 10.9. The summed E-state index contributed by atoms with van der Waals surface area (Å²) in [5, 5.41) is 9.64. The highest BCUT2D eigenvalue weighted by Gasteiger charge is 2.31. The van der Waals surface area contributed by atoms with Crippen LogP contribution in [0.4, 0.5) is 0 Å². The predicted octanol–water partition coefficient (Wildman–Crippen LogP) is 14.3. The van der Waals surface area contributed by atoms with E-state index in [1.165, 1.54) is 116 Å². The first kappa shape index (κ1) is 58.8. The molecule has 0 heterocycles. The van der Waals surface area contributed by atoms with Crippen LogP contribution < -0.4 is 0 Å².